The summed E-state index contributed by atoms with van der Waals surface area (Å²) in [5.41, 5.74) is -0.0972. The Morgan fingerprint density at radius 2 is 1.85 bits per heavy atom. The van der Waals surface area contributed by atoms with E-state index >= 15 is 0 Å². The van der Waals surface area contributed by atoms with Crippen LogP contribution in [0.25, 0.3) is 0 Å². The fraction of sp³-hybridized carbons (Fsp3) is 0.231. The van der Waals surface area contributed by atoms with Gasteiger partial charge in [-0.2, -0.15) is 0 Å². The van der Waals surface area contributed by atoms with E-state index in [0.29, 0.717) is 5.69 Å². The summed E-state index contributed by atoms with van der Waals surface area (Å²) >= 11 is 0. The average molecular weight is 294 g/mol. The lowest BCUT2D eigenvalue weighted by molar-refractivity contribution is 0.103. The zero-order valence-corrected chi connectivity index (χ0v) is 12.1. The highest BCUT2D eigenvalue weighted by molar-refractivity contribution is 7.90. The van der Waals surface area contributed by atoms with Gasteiger partial charge in [0.1, 0.15) is 5.56 Å². The molecular weight excluding hydrogens is 280 g/mol. The molecule has 2 aromatic rings. The number of sulfone groups is 1. The topological polar surface area (TPSA) is 89.0 Å². The molecule has 0 unspecified atom stereocenters. The number of aromatic amines is 1. The Balaban J connectivity index is 2.70. The highest BCUT2D eigenvalue weighted by Crippen LogP contribution is 2.18. The summed E-state index contributed by atoms with van der Waals surface area (Å²) in [6.45, 7) is 1.59. The smallest absolute Gasteiger partial charge is 0.277 e. The summed E-state index contributed by atoms with van der Waals surface area (Å²) in [7, 11) is -2.05. The molecule has 1 heterocycles. The molecule has 1 N–H and O–H groups in total. The Hall–Kier alpha value is -2.15. The third-order valence-electron chi connectivity index (χ3n) is 2.99. The molecule has 1 aromatic heterocycles. The van der Waals surface area contributed by atoms with E-state index in [-0.39, 0.29) is 16.0 Å². The van der Waals surface area contributed by atoms with Crippen molar-refractivity contribution >= 4 is 15.6 Å². The van der Waals surface area contributed by atoms with E-state index in [2.05, 4.69) is 5.10 Å². The van der Waals surface area contributed by atoms with Crippen LogP contribution in [0.2, 0.25) is 0 Å². The fourth-order valence-electron chi connectivity index (χ4n) is 2.07. The number of aryl methyl sites for hydroxylation is 2. The Bertz CT molecular complexity index is 843. The van der Waals surface area contributed by atoms with Crippen LogP contribution < -0.4 is 5.56 Å². The molecule has 0 aliphatic heterocycles. The maximum absolute atomic E-state index is 12.5. The first-order valence-electron chi connectivity index (χ1n) is 5.83. The van der Waals surface area contributed by atoms with Gasteiger partial charge in [0.15, 0.2) is 9.84 Å². The first-order chi connectivity index (χ1) is 9.23. The molecule has 0 fully saturated rings. The molecule has 20 heavy (non-hydrogen) atoms. The van der Waals surface area contributed by atoms with Crippen LogP contribution in [0.1, 0.15) is 21.6 Å². The highest BCUT2D eigenvalue weighted by atomic mass is 32.2. The van der Waals surface area contributed by atoms with E-state index in [0.717, 1.165) is 6.26 Å². The van der Waals surface area contributed by atoms with Gasteiger partial charge in [0.2, 0.25) is 5.78 Å². The summed E-state index contributed by atoms with van der Waals surface area (Å²) < 4.78 is 24.6. The largest absolute Gasteiger partial charge is 0.299 e. The van der Waals surface area contributed by atoms with Gasteiger partial charge >= 0.3 is 0 Å². The van der Waals surface area contributed by atoms with Crippen molar-refractivity contribution < 1.29 is 13.2 Å². The van der Waals surface area contributed by atoms with E-state index < -0.39 is 21.2 Å². The standard InChI is InChI=1S/C13H14N2O4S/c1-8-11(13(17)15(2)14-8)12(16)9-6-4-5-7-10(9)20(3,18)19/h4-7,14H,1-3H3. The molecule has 0 saturated heterocycles. The molecule has 0 radical (unpaired) electrons. The third kappa shape index (κ3) is 2.32. The molecular formula is C13H14N2O4S. The molecule has 0 spiro atoms. The monoisotopic (exact) mass is 294 g/mol. The Morgan fingerprint density at radius 1 is 1.25 bits per heavy atom. The predicted octanol–water partition coefficient (Wildman–Crippen LogP) is 0.656. The SMILES string of the molecule is Cc1[nH]n(C)c(=O)c1C(=O)c1ccccc1S(C)(=O)=O. The van der Waals surface area contributed by atoms with E-state index in [1.165, 1.54) is 29.9 Å². The van der Waals surface area contributed by atoms with E-state index in [9.17, 15) is 18.0 Å². The average Bonchev–Trinajstić information content (AvgIpc) is 2.61. The number of aromatic nitrogens is 2. The van der Waals surface area contributed by atoms with Crippen LogP contribution in [-0.4, -0.2) is 30.2 Å². The van der Waals surface area contributed by atoms with E-state index in [1.54, 1.807) is 13.0 Å². The summed E-state index contributed by atoms with van der Waals surface area (Å²) in [5, 5.41) is 2.72. The van der Waals surface area contributed by atoms with Crippen molar-refractivity contribution in [3.8, 4) is 0 Å². The maximum atomic E-state index is 12.5. The van der Waals surface area contributed by atoms with Gasteiger partial charge in [-0.05, 0) is 19.1 Å². The Kier molecular flexibility index (Phi) is 3.39. The molecule has 2 rings (SSSR count). The quantitative estimate of drug-likeness (QED) is 0.842. The molecule has 0 bridgehead atoms. The number of nitrogens with one attached hydrogen (secondary N) is 1. The number of nitrogens with zero attached hydrogens (tertiary/aromatic N) is 1. The van der Waals surface area contributed by atoms with Crippen molar-refractivity contribution in [3.63, 3.8) is 0 Å². The van der Waals surface area contributed by atoms with Crippen molar-refractivity contribution in [3.05, 3.63) is 51.4 Å². The summed E-state index contributed by atoms with van der Waals surface area (Å²) in [4.78, 5) is 24.3. The van der Waals surface area contributed by atoms with Crippen LogP contribution in [0.3, 0.4) is 0 Å². The number of ketones is 1. The minimum absolute atomic E-state index is 0.00907. The Morgan fingerprint density at radius 3 is 2.35 bits per heavy atom. The number of hydrogen-bond donors (Lipinski definition) is 1. The molecule has 106 valence electrons. The second kappa shape index (κ2) is 4.75. The van der Waals surface area contributed by atoms with Crippen molar-refractivity contribution in [2.24, 2.45) is 7.05 Å². The molecule has 0 aliphatic rings. The third-order valence-corrected chi connectivity index (χ3v) is 4.14. The highest BCUT2D eigenvalue weighted by Gasteiger charge is 2.24. The zero-order chi connectivity index (χ0) is 15.1. The number of benzene rings is 1. The number of hydrogen-bond acceptors (Lipinski definition) is 4. The van der Waals surface area contributed by atoms with Gasteiger partial charge in [-0.3, -0.25) is 19.4 Å². The van der Waals surface area contributed by atoms with Gasteiger partial charge < -0.3 is 0 Å². The molecule has 0 amide bonds. The van der Waals surface area contributed by atoms with E-state index in [4.69, 9.17) is 0 Å². The molecule has 0 saturated carbocycles. The van der Waals surface area contributed by atoms with Crippen LogP contribution in [-0.2, 0) is 16.9 Å². The lowest BCUT2D eigenvalue weighted by atomic mass is 10.0. The summed E-state index contributed by atoms with van der Waals surface area (Å²) in [6, 6.07) is 5.86. The van der Waals surface area contributed by atoms with Gasteiger partial charge in [-0.1, -0.05) is 12.1 Å². The van der Waals surface area contributed by atoms with Gasteiger partial charge in [-0.25, -0.2) is 8.42 Å². The van der Waals surface area contributed by atoms with Crippen LogP contribution in [0.5, 0.6) is 0 Å². The normalized spacial score (nSPS) is 11.6. The Labute approximate surface area is 116 Å². The van der Waals surface area contributed by atoms with Crippen LogP contribution in [0.15, 0.2) is 34.0 Å². The number of H-pyrrole nitrogens is 1. The zero-order valence-electron chi connectivity index (χ0n) is 11.3. The van der Waals surface area contributed by atoms with Crippen molar-refractivity contribution in [1.29, 1.82) is 0 Å². The van der Waals surface area contributed by atoms with Gasteiger partial charge in [0.05, 0.1) is 4.90 Å². The number of carbonyl (C=O) groups excluding carboxylic acids is 1. The lowest BCUT2D eigenvalue weighted by Gasteiger charge is -2.05. The van der Waals surface area contributed by atoms with Crippen LogP contribution in [0, 0.1) is 6.92 Å². The first-order valence-corrected chi connectivity index (χ1v) is 7.72. The molecule has 0 atom stereocenters. The lowest BCUT2D eigenvalue weighted by Crippen LogP contribution is -2.20. The van der Waals surface area contributed by atoms with Crippen LogP contribution in [0.4, 0.5) is 0 Å². The van der Waals surface area contributed by atoms with Gasteiger partial charge in [0.25, 0.3) is 5.56 Å². The second-order valence-corrected chi connectivity index (χ2v) is 6.56. The number of carbonyl (C=O) groups is 1. The molecule has 7 heteroatoms. The predicted molar refractivity (Wildman–Crippen MR) is 73.8 cm³/mol. The first kappa shape index (κ1) is 14.3. The van der Waals surface area contributed by atoms with E-state index in [1.807, 2.05) is 0 Å². The van der Waals surface area contributed by atoms with Crippen LogP contribution >= 0.6 is 0 Å². The fourth-order valence-corrected chi connectivity index (χ4v) is 2.95. The molecule has 1 aromatic carbocycles. The van der Waals surface area contributed by atoms with Crippen molar-refractivity contribution in [2.45, 2.75) is 11.8 Å². The molecule has 6 nitrogen and oxygen atoms in total. The minimum atomic E-state index is -3.55. The summed E-state index contributed by atoms with van der Waals surface area (Å²) in [6.07, 6.45) is 1.03. The van der Waals surface area contributed by atoms with Crippen molar-refractivity contribution in [1.82, 2.24) is 9.78 Å². The second-order valence-electron chi connectivity index (χ2n) is 4.57. The van der Waals surface area contributed by atoms with Gasteiger partial charge in [-0.15, -0.1) is 0 Å². The molecule has 0 aliphatic carbocycles. The van der Waals surface area contributed by atoms with Gasteiger partial charge in [0, 0.05) is 24.6 Å². The minimum Gasteiger partial charge on any atom is -0.299 e. The summed E-state index contributed by atoms with van der Waals surface area (Å²) in [5.74, 6) is -0.592. The number of rotatable bonds is 3. The van der Waals surface area contributed by atoms with Crippen molar-refractivity contribution in [2.75, 3.05) is 6.26 Å². The maximum Gasteiger partial charge on any atom is 0.277 e.